The number of rotatable bonds is 8. The van der Waals surface area contributed by atoms with Gasteiger partial charge >= 0.3 is 0 Å². The standard InChI is InChI=1S/C14H31NO/c1-7-8-9-10-13(3,4)11-15-12(2)14(5,6)16/h12,15-16H,7-11H2,1-6H3. The highest BCUT2D eigenvalue weighted by Crippen LogP contribution is 2.23. The predicted molar refractivity (Wildman–Crippen MR) is 71.7 cm³/mol. The number of aliphatic hydroxyl groups is 1. The lowest BCUT2D eigenvalue weighted by atomic mass is 9.86. The van der Waals surface area contributed by atoms with Crippen LogP contribution in [0.3, 0.4) is 0 Å². The van der Waals surface area contributed by atoms with Crippen LogP contribution in [-0.2, 0) is 0 Å². The molecule has 0 heterocycles. The Morgan fingerprint density at radius 1 is 1.12 bits per heavy atom. The number of nitrogens with one attached hydrogen (secondary N) is 1. The van der Waals surface area contributed by atoms with Crippen LogP contribution in [-0.4, -0.2) is 23.3 Å². The van der Waals surface area contributed by atoms with Crippen molar-refractivity contribution in [1.29, 1.82) is 0 Å². The molecule has 0 amide bonds. The molecule has 0 aliphatic rings. The van der Waals surface area contributed by atoms with Gasteiger partial charge in [0, 0.05) is 12.6 Å². The summed E-state index contributed by atoms with van der Waals surface area (Å²) >= 11 is 0. The third kappa shape index (κ3) is 7.24. The molecule has 1 atom stereocenters. The highest BCUT2D eigenvalue weighted by molar-refractivity contribution is 4.82. The lowest BCUT2D eigenvalue weighted by Crippen LogP contribution is -2.47. The average molecular weight is 229 g/mol. The van der Waals surface area contributed by atoms with Crippen LogP contribution in [0.4, 0.5) is 0 Å². The zero-order valence-corrected chi connectivity index (χ0v) is 12.1. The van der Waals surface area contributed by atoms with Gasteiger partial charge in [-0.15, -0.1) is 0 Å². The van der Waals surface area contributed by atoms with Crippen molar-refractivity contribution in [1.82, 2.24) is 5.32 Å². The molecule has 0 spiro atoms. The van der Waals surface area contributed by atoms with Gasteiger partial charge in [-0.25, -0.2) is 0 Å². The molecule has 0 aromatic carbocycles. The minimum Gasteiger partial charge on any atom is -0.389 e. The quantitative estimate of drug-likeness (QED) is 0.626. The van der Waals surface area contributed by atoms with E-state index in [9.17, 15) is 5.11 Å². The van der Waals surface area contributed by atoms with E-state index >= 15 is 0 Å². The fraction of sp³-hybridized carbons (Fsp3) is 1.00. The summed E-state index contributed by atoms with van der Waals surface area (Å²) in [5, 5.41) is 13.3. The maximum Gasteiger partial charge on any atom is 0.0741 e. The average Bonchev–Trinajstić information content (AvgIpc) is 2.13. The Morgan fingerprint density at radius 3 is 2.12 bits per heavy atom. The second-order valence-electron chi connectivity index (χ2n) is 6.38. The number of hydrogen-bond donors (Lipinski definition) is 2. The van der Waals surface area contributed by atoms with Crippen LogP contribution in [0.25, 0.3) is 0 Å². The Morgan fingerprint density at radius 2 is 1.69 bits per heavy atom. The third-order valence-electron chi connectivity index (χ3n) is 3.40. The molecule has 2 N–H and O–H groups in total. The Balaban J connectivity index is 3.89. The first-order valence-corrected chi connectivity index (χ1v) is 6.65. The zero-order chi connectivity index (χ0) is 12.8. The van der Waals surface area contributed by atoms with E-state index in [0.29, 0.717) is 5.41 Å². The van der Waals surface area contributed by atoms with E-state index in [1.165, 1.54) is 25.7 Å². The van der Waals surface area contributed by atoms with E-state index in [1.54, 1.807) is 0 Å². The molecule has 2 nitrogen and oxygen atoms in total. The molecule has 2 heteroatoms. The molecule has 0 bridgehead atoms. The minimum atomic E-state index is -0.639. The van der Waals surface area contributed by atoms with Crippen LogP contribution in [0, 0.1) is 5.41 Å². The summed E-state index contributed by atoms with van der Waals surface area (Å²) in [6, 6.07) is 0.137. The van der Waals surface area contributed by atoms with Crippen molar-refractivity contribution in [3.63, 3.8) is 0 Å². The first-order valence-electron chi connectivity index (χ1n) is 6.65. The Bertz CT molecular complexity index is 182. The number of unbranched alkanes of at least 4 members (excludes halogenated alkanes) is 2. The van der Waals surface area contributed by atoms with Gasteiger partial charge in [0.15, 0.2) is 0 Å². The molecule has 0 aromatic heterocycles. The third-order valence-corrected chi connectivity index (χ3v) is 3.40. The van der Waals surface area contributed by atoms with Crippen molar-refractivity contribution < 1.29 is 5.11 Å². The second kappa shape index (κ2) is 6.61. The fourth-order valence-electron chi connectivity index (χ4n) is 1.62. The minimum absolute atomic E-state index is 0.137. The maximum absolute atomic E-state index is 9.83. The Labute approximate surface area is 102 Å². The molecule has 0 rings (SSSR count). The zero-order valence-electron chi connectivity index (χ0n) is 12.1. The first kappa shape index (κ1) is 15.9. The largest absolute Gasteiger partial charge is 0.389 e. The molecule has 1 unspecified atom stereocenters. The monoisotopic (exact) mass is 229 g/mol. The molecule has 0 fully saturated rings. The first-order chi connectivity index (χ1) is 7.19. The van der Waals surface area contributed by atoms with E-state index in [0.717, 1.165) is 6.54 Å². The molecular weight excluding hydrogens is 198 g/mol. The lowest BCUT2D eigenvalue weighted by molar-refractivity contribution is 0.0403. The van der Waals surface area contributed by atoms with Crippen LogP contribution in [0.5, 0.6) is 0 Å². The van der Waals surface area contributed by atoms with Gasteiger partial charge in [0.1, 0.15) is 0 Å². The Hall–Kier alpha value is -0.0800. The summed E-state index contributed by atoms with van der Waals surface area (Å²) in [6.45, 7) is 13.6. The predicted octanol–water partition coefficient (Wildman–Crippen LogP) is 3.34. The van der Waals surface area contributed by atoms with Crippen LogP contribution < -0.4 is 5.32 Å². The highest BCUT2D eigenvalue weighted by Gasteiger charge is 2.24. The molecule has 98 valence electrons. The summed E-state index contributed by atoms with van der Waals surface area (Å²) in [6.07, 6.45) is 5.17. The van der Waals surface area contributed by atoms with Gasteiger partial charge in [-0.05, 0) is 32.6 Å². The molecule has 0 aliphatic carbocycles. The number of hydrogen-bond acceptors (Lipinski definition) is 2. The smallest absolute Gasteiger partial charge is 0.0741 e. The fourth-order valence-corrected chi connectivity index (χ4v) is 1.62. The van der Waals surface area contributed by atoms with Gasteiger partial charge in [0.25, 0.3) is 0 Å². The second-order valence-corrected chi connectivity index (χ2v) is 6.38. The summed E-state index contributed by atoms with van der Waals surface area (Å²) in [7, 11) is 0. The van der Waals surface area contributed by atoms with Crippen molar-refractivity contribution in [3.8, 4) is 0 Å². The van der Waals surface area contributed by atoms with Crippen LogP contribution in [0.2, 0.25) is 0 Å². The van der Waals surface area contributed by atoms with Gasteiger partial charge in [0.05, 0.1) is 5.60 Å². The van der Waals surface area contributed by atoms with E-state index in [2.05, 4.69) is 26.1 Å². The van der Waals surface area contributed by atoms with Crippen molar-refractivity contribution in [2.75, 3.05) is 6.54 Å². The van der Waals surface area contributed by atoms with Crippen LogP contribution in [0.15, 0.2) is 0 Å². The van der Waals surface area contributed by atoms with Crippen molar-refractivity contribution >= 4 is 0 Å². The summed E-state index contributed by atoms with van der Waals surface area (Å²) in [5.41, 5.74) is -0.311. The van der Waals surface area contributed by atoms with Gasteiger partial charge in [-0.2, -0.15) is 0 Å². The van der Waals surface area contributed by atoms with Crippen molar-refractivity contribution in [3.05, 3.63) is 0 Å². The molecule has 0 saturated heterocycles. The highest BCUT2D eigenvalue weighted by atomic mass is 16.3. The SMILES string of the molecule is CCCCCC(C)(C)CNC(C)C(C)(C)O. The summed E-state index contributed by atoms with van der Waals surface area (Å²) < 4.78 is 0. The van der Waals surface area contributed by atoms with Crippen LogP contribution >= 0.6 is 0 Å². The molecule has 0 aliphatic heterocycles. The molecule has 0 radical (unpaired) electrons. The lowest BCUT2D eigenvalue weighted by Gasteiger charge is -2.32. The molecule has 0 saturated carbocycles. The van der Waals surface area contributed by atoms with Crippen LogP contribution in [0.1, 0.15) is 67.2 Å². The van der Waals surface area contributed by atoms with Crippen molar-refractivity contribution in [2.24, 2.45) is 5.41 Å². The maximum atomic E-state index is 9.83. The van der Waals surface area contributed by atoms with Gasteiger partial charge < -0.3 is 10.4 Å². The van der Waals surface area contributed by atoms with E-state index in [1.807, 2.05) is 20.8 Å². The summed E-state index contributed by atoms with van der Waals surface area (Å²) in [4.78, 5) is 0. The van der Waals surface area contributed by atoms with E-state index < -0.39 is 5.60 Å². The van der Waals surface area contributed by atoms with E-state index in [-0.39, 0.29) is 6.04 Å². The molecular formula is C14H31NO. The topological polar surface area (TPSA) is 32.3 Å². The van der Waals surface area contributed by atoms with Crippen molar-refractivity contribution in [2.45, 2.75) is 78.9 Å². The Kier molecular flexibility index (Phi) is 6.57. The van der Waals surface area contributed by atoms with Gasteiger partial charge in [0.2, 0.25) is 0 Å². The molecule has 16 heavy (non-hydrogen) atoms. The van der Waals surface area contributed by atoms with Gasteiger partial charge in [-0.3, -0.25) is 0 Å². The molecule has 0 aromatic rings. The van der Waals surface area contributed by atoms with Gasteiger partial charge in [-0.1, -0.05) is 40.0 Å². The van der Waals surface area contributed by atoms with E-state index in [4.69, 9.17) is 0 Å². The normalized spacial score (nSPS) is 15.2. The summed E-state index contributed by atoms with van der Waals surface area (Å²) in [5.74, 6) is 0.